The van der Waals surface area contributed by atoms with Crippen molar-refractivity contribution >= 4 is 22.8 Å². The summed E-state index contributed by atoms with van der Waals surface area (Å²) in [5.74, 6) is 1.94. The Morgan fingerprint density at radius 2 is 1.94 bits per heavy atom. The minimum Gasteiger partial charge on any atom is -0.479 e. The van der Waals surface area contributed by atoms with Gasteiger partial charge in [-0.15, -0.1) is 0 Å². The van der Waals surface area contributed by atoms with Crippen molar-refractivity contribution in [2.75, 3.05) is 33.0 Å². The van der Waals surface area contributed by atoms with Crippen molar-refractivity contribution in [2.24, 2.45) is 0 Å². The lowest BCUT2D eigenvalue weighted by Gasteiger charge is -2.14. The second kappa shape index (κ2) is 8.70. The third-order valence-electron chi connectivity index (χ3n) is 5.22. The molecule has 3 aromatic heterocycles. The number of halogens is 2. The number of amides is 1. The van der Waals surface area contributed by atoms with Crippen molar-refractivity contribution < 1.29 is 23.0 Å². The van der Waals surface area contributed by atoms with Gasteiger partial charge in [-0.2, -0.15) is 18.9 Å². The zero-order valence-electron chi connectivity index (χ0n) is 17.8. The molecule has 170 valence electrons. The molecule has 0 radical (unpaired) electrons. The van der Waals surface area contributed by atoms with Crippen molar-refractivity contribution in [1.82, 2.24) is 29.6 Å². The molecule has 4 rings (SSSR count). The molecule has 33 heavy (non-hydrogen) atoms. The van der Waals surface area contributed by atoms with Crippen LogP contribution in [-0.4, -0.2) is 62.8 Å². The Balaban J connectivity index is 1.82. The second-order valence-corrected chi connectivity index (χ2v) is 7.06. The van der Waals surface area contributed by atoms with Crippen LogP contribution in [0.2, 0.25) is 0 Å². The molecular formula is C21H19F2N7O3. The van der Waals surface area contributed by atoms with E-state index in [4.69, 9.17) is 15.2 Å². The van der Waals surface area contributed by atoms with E-state index in [0.717, 1.165) is 0 Å². The van der Waals surface area contributed by atoms with Crippen LogP contribution in [0, 0.1) is 23.5 Å². The van der Waals surface area contributed by atoms with Crippen molar-refractivity contribution in [3.63, 3.8) is 0 Å². The molecule has 0 bridgehead atoms. The van der Waals surface area contributed by atoms with Crippen molar-refractivity contribution in [2.45, 2.75) is 12.5 Å². The van der Waals surface area contributed by atoms with E-state index < -0.39 is 29.0 Å². The number of nitrogen functional groups attached to an aromatic ring is 1. The molecule has 1 fully saturated rings. The summed E-state index contributed by atoms with van der Waals surface area (Å²) in [6.45, 7) is 4.42. The molecule has 0 spiro atoms. The van der Waals surface area contributed by atoms with E-state index in [1.54, 1.807) is 9.58 Å². The monoisotopic (exact) mass is 455 g/mol. The van der Waals surface area contributed by atoms with E-state index >= 15 is 0 Å². The van der Waals surface area contributed by atoms with E-state index in [1.165, 1.54) is 26.6 Å². The SMILES string of the molecule is C=CC(=O)N1CC[C@H](n2nc(C#Cc3c(F)c(OC)nc(OC)c3F)c3c(N)ncnc32)C1. The summed E-state index contributed by atoms with van der Waals surface area (Å²) in [5.41, 5.74) is 5.97. The van der Waals surface area contributed by atoms with Crippen LogP contribution in [0.5, 0.6) is 11.8 Å². The van der Waals surface area contributed by atoms with Gasteiger partial charge in [-0.3, -0.25) is 4.79 Å². The molecule has 2 N–H and O–H groups in total. The lowest BCUT2D eigenvalue weighted by Crippen LogP contribution is -2.27. The fraction of sp³-hybridized carbons (Fsp3) is 0.286. The number of nitrogens with two attached hydrogens (primary N) is 1. The van der Waals surface area contributed by atoms with Gasteiger partial charge in [0.05, 0.1) is 25.6 Å². The standard InChI is InChI=1S/C21H19F2N7O3/c1-4-14(31)29-8-7-11(9-29)30-19-15(18(24)25-10-26-19)13(28-30)6-5-12-16(22)20(32-2)27-21(33-3)17(12)23/h4,10-11H,1,7-9H2,2-3H3,(H2,24,25,26)/t11-/m0/s1. The number of hydrogen-bond acceptors (Lipinski definition) is 8. The number of carbonyl (C=O) groups is 1. The van der Waals surface area contributed by atoms with Gasteiger partial charge in [-0.25, -0.2) is 14.6 Å². The van der Waals surface area contributed by atoms with Crippen LogP contribution in [-0.2, 0) is 4.79 Å². The summed E-state index contributed by atoms with van der Waals surface area (Å²) in [4.78, 5) is 25.4. The van der Waals surface area contributed by atoms with E-state index in [1.807, 2.05) is 0 Å². The lowest BCUT2D eigenvalue weighted by atomic mass is 10.2. The predicted octanol–water partition coefficient (Wildman–Crippen LogP) is 1.46. The third kappa shape index (κ3) is 3.78. The predicted molar refractivity (Wildman–Crippen MR) is 113 cm³/mol. The Morgan fingerprint density at radius 1 is 1.24 bits per heavy atom. The zero-order chi connectivity index (χ0) is 23.7. The van der Waals surface area contributed by atoms with Crippen LogP contribution in [0.1, 0.15) is 23.7 Å². The van der Waals surface area contributed by atoms with Gasteiger partial charge in [0.1, 0.15) is 23.4 Å². The highest BCUT2D eigenvalue weighted by Crippen LogP contribution is 2.30. The molecule has 1 atom stereocenters. The first kappa shape index (κ1) is 21.9. The molecule has 1 amide bonds. The second-order valence-electron chi connectivity index (χ2n) is 7.06. The zero-order valence-corrected chi connectivity index (χ0v) is 17.8. The molecule has 1 saturated heterocycles. The smallest absolute Gasteiger partial charge is 0.254 e. The van der Waals surface area contributed by atoms with Crippen LogP contribution >= 0.6 is 0 Å². The summed E-state index contributed by atoms with van der Waals surface area (Å²) in [7, 11) is 2.38. The normalized spacial score (nSPS) is 15.3. The Hall–Kier alpha value is -4.27. The topological polar surface area (TPSA) is 121 Å². The molecule has 0 aromatic carbocycles. The van der Waals surface area contributed by atoms with Gasteiger partial charge in [0.25, 0.3) is 11.8 Å². The number of carbonyl (C=O) groups excluding carboxylic acids is 1. The highest BCUT2D eigenvalue weighted by atomic mass is 19.1. The van der Waals surface area contributed by atoms with Crippen molar-refractivity contribution in [3.8, 4) is 23.6 Å². The first-order valence-corrected chi connectivity index (χ1v) is 9.78. The first-order chi connectivity index (χ1) is 15.9. The molecule has 3 aromatic rings. The highest BCUT2D eigenvalue weighted by molar-refractivity contribution is 5.91. The summed E-state index contributed by atoms with van der Waals surface area (Å²) < 4.78 is 40.6. The van der Waals surface area contributed by atoms with E-state index in [-0.39, 0.29) is 23.5 Å². The average Bonchev–Trinajstić information content (AvgIpc) is 3.44. The van der Waals surface area contributed by atoms with Gasteiger partial charge in [0.15, 0.2) is 5.65 Å². The number of hydrogen-bond donors (Lipinski definition) is 1. The van der Waals surface area contributed by atoms with E-state index in [0.29, 0.717) is 30.5 Å². The summed E-state index contributed by atoms with van der Waals surface area (Å²) in [6.07, 6.45) is 3.16. The molecule has 1 aliphatic heterocycles. The summed E-state index contributed by atoms with van der Waals surface area (Å²) in [6, 6.07) is -0.198. The number of nitrogens with zero attached hydrogens (tertiary/aromatic N) is 6. The Kier molecular flexibility index (Phi) is 5.78. The molecule has 10 nitrogen and oxygen atoms in total. The average molecular weight is 455 g/mol. The molecular weight excluding hydrogens is 436 g/mol. The largest absolute Gasteiger partial charge is 0.479 e. The maximum absolute atomic E-state index is 14.6. The van der Waals surface area contributed by atoms with Crippen LogP contribution in [0.15, 0.2) is 19.0 Å². The van der Waals surface area contributed by atoms with Gasteiger partial charge < -0.3 is 20.1 Å². The van der Waals surface area contributed by atoms with E-state index in [9.17, 15) is 13.6 Å². The fourth-order valence-corrected chi connectivity index (χ4v) is 3.61. The van der Waals surface area contributed by atoms with Crippen molar-refractivity contribution in [3.05, 3.63) is 41.9 Å². The minimum atomic E-state index is -1.08. The molecule has 12 heteroatoms. The summed E-state index contributed by atoms with van der Waals surface area (Å²) in [5, 5.41) is 4.83. The van der Waals surface area contributed by atoms with Crippen LogP contribution in [0.25, 0.3) is 11.0 Å². The van der Waals surface area contributed by atoms with Crippen LogP contribution < -0.4 is 15.2 Å². The summed E-state index contributed by atoms with van der Waals surface area (Å²) >= 11 is 0. The number of likely N-dealkylation sites (tertiary alicyclic amines) is 1. The number of rotatable bonds is 4. The van der Waals surface area contributed by atoms with Gasteiger partial charge in [-0.05, 0) is 18.4 Å². The van der Waals surface area contributed by atoms with Gasteiger partial charge in [0.2, 0.25) is 17.5 Å². The van der Waals surface area contributed by atoms with Crippen LogP contribution in [0.3, 0.4) is 0 Å². The van der Waals surface area contributed by atoms with Crippen molar-refractivity contribution in [1.29, 1.82) is 0 Å². The molecule has 4 heterocycles. The van der Waals surface area contributed by atoms with Crippen LogP contribution in [0.4, 0.5) is 14.6 Å². The minimum absolute atomic E-state index is 0.110. The molecule has 0 aliphatic carbocycles. The fourth-order valence-electron chi connectivity index (χ4n) is 3.61. The highest BCUT2D eigenvalue weighted by Gasteiger charge is 2.29. The number of fused-ring (bicyclic) bond motifs is 1. The molecule has 0 unspecified atom stereocenters. The Labute approximate surface area is 187 Å². The number of pyridine rings is 1. The third-order valence-corrected chi connectivity index (χ3v) is 5.22. The van der Waals surface area contributed by atoms with E-state index in [2.05, 4.69) is 38.5 Å². The molecule has 1 aliphatic rings. The number of methoxy groups -OCH3 is 2. The lowest BCUT2D eigenvalue weighted by molar-refractivity contribution is -0.125. The Morgan fingerprint density at radius 3 is 2.58 bits per heavy atom. The van der Waals surface area contributed by atoms with Gasteiger partial charge in [-0.1, -0.05) is 12.5 Å². The number of aromatic nitrogens is 5. The quantitative estimate of drug-likeness (QED) is 0.464. The number of anilines is 1. The van der Waals surface area contributed by atoms with Gasteiger partial charge >= 0.3 is 0 Å². The first-order valence-electron chi connectivity index (χ1n) is 9.78. The van der Waals surface area contributed by atoms with Gasteiger partial charge in [0, 0.05) is 13.1 Å². The number of ether oxygens (including phenoxy) is 2. The molecule has 0 saturated carbocycles. The Bertz CT molecular complexity index is 1300. The maximum atomic E-state index is 14.6. The maximum Gasteiger partial charge on any atom is 0.254 e.